The van der Waals surface area contributed by atoms with E-state index in [0.717, 1.165) is 25.7 Å². The molecule has 0 nitrogen and oxygen atoms in total. The van der Waals surface area contributed by atoms with Gasteiger partial charge in [0.2, 0.25) is 0 Å². The lowest BCUT2D eigenvalue weighted by Gasteiger charge is -2.26. The van der Waals surface area contributed by atoms with Crippen LogP contribution in [0.2, 0.25) is 0 Å². The van der Waals surface area contributed by atoms with E-state index >= 15 is 0 Å². The molecule has 0 heterocycles. The smallest absolute Gasteiger partial charge is 0.00488 e. The molecule has 0 saturated carbocycles. The van der Waals surface area contributed by atoms with Crippen molar-refractivity contribution in [3.63, 3.8) is 0 Å². The maximum Gasteiger partial charge on any atom is 0.00488 e. The summed E-state index contributed by atoms with van der Waals surface area (Å²) >= 11 is 0. The molecule has 0 N–H and O–H groups in total. The summed E-state index contributed by atoms with van der Waals surface area (Å²) in [5.74, 6) is 0.943. The van der Waals surface area contributed by atoms with Gasteiger partial charge < -0.3 is 0 Å². The Kier molecular flexibility index (Phi) is 7.09. The molecule has 0 amide bonds. The summed E-state index contributed by atoms with van der Waals surface area (Å²) in [5, 5.41) is 0. The SMILES string of the molecule is C=C1CC=C(C=C=CCCC)C(C)CCC1C(=C)c1ccccc1. The molecule has 0 radical (unpaired) electrons. The molecule has 24 heavy (non-hydrogen) atoms. The van der Waals surface area contributed by atoms with E-state index in [-0.39, 0.29) is 0 Å². The van der Waals surface area contributed by atoms with Crippen molar-refractivity contribution in [1.29, 1.82) is 0 Å². The van der Waals surface area contributed by atoms with E-state index in [0.29, 0.717) is 11.8 Å². The lowest BCUT2D eigenvalue weighted by molar-refractivity contribution is 0.530. The lowest BCUT2D eigenvalue weighted by Crippen LogP contribution is -2.11. The maximum absolute atomic E-state index is 4.38. The first kappa shape index (κ1) is 18.3. The predicted molar refractivity (Wildman–Crippen MR) is 107 cm³/mol. The van der Waals surface area contributed by atoms with Crippen LogP contribution >= 0.6 is 0 Å². The first-order chi connectivity index (χ1) is 11.6. The average molecular weight is 319 g/mol. The number of allylic oxidation sites excluding steroid dienone is 5. The summed E-state index contributed by atoms with van der Waals surface area (Å²) in [7, 11) is 0. The molecule has 1 aliphatic rings. The molecule has 2 unspecified atom stereocenters. The third kappa shape index (κ3) is 4.98. The highest BCUT2D eigenvalue weighted by Gasteiger charge is 2.21. The van der Waals surface area contributed by atoms with Crippen molar-refractivity contribution in [2.24, 2.45) is 11.8 Å². The molecule has 0 fully saturated rings. The van der Waals surface area contributed by atoms with Crippen molar-refractivity contribution in [3.05, 3.63) is 84.2 Å². The fraction of sp³-hybridized carbons (Fsp3) is 0.375. The van der Waals surface area contributed by atoms with Gasteiger partial charge in [0.05, 0.1) is 0 Å². The monoisotopic (exact) mass is 318 g/mol. The first-order valence-corrected chi connectivity index (χ1v) is 9.16. The molecule has 0 heteroatoms. The minimum absolute atomic E-state index is 0.382. The number of hydrogen-bond donors (Lipinski definition) is 0. The first-order valence-electron chi connectivity index (χ1n) is 9.16. The highest BCUT2D eigenvalue weighted by Crippen LogP contribution is 2.36. The van der Waals surface area contributed by atoms with Gasteiger partial charge in [-0.15, -0.1) is 5.73 Å². The standard InChI is InChI=1S/C24H30/c1-5-6-7-9-12-22-17-15-20(3)24(18-16-19(22)2)21(4)23-13-10-8-11-14-23/h7-8,10-14,17,19,24H,3-6,15-16,18H2,1-2H3. The van der Waals surface area contributed by atoms with Crippen molar-refractivity contribution >= 4 is 5.57 Å². The second kappa shape index (κ2) is 9.30. The summed E-state index contributed by atoms with van der Waals surface area (Å²) < 4.78 is 0. The maximum atomic E-state index is 4.38. The third-order valence-electron chi connectivity index (χ3n) is 4.92. The molecular weight excluding hydrogens is 288 g/mol. The van der Waals surface area contributed by atoms with Crippen LogP contribution in [0.3, 0.4) is 0 Å². The largest absolute Gasteiger partial charge is 0.125 e. The predicted octanol–water partition coefficient (Wildman–Crippen LogP) is 7.13. The zero-order valence-electron chi connectivity index (χ0n) is 15.2. The number of hydrogen-bond acceptors (Lipinski definition) is 0. The Morgan fingerprint density at radius 3 is 2.71 bits per heavy atom. The molecule has 1 aliphatic carbocycles. The van der Waals surface area contributed by atoms with E-state index in [4.69, 9.17) is 0 Å². The van der Waals surface area contributed by atoms with Crippen LogP contribution in [0, 0.1) is 11.8 Å². The summed E-state index contributed by atoms with van der Waals surface area (Å²) in [5.41, 5.74) is 8.47. The fourth-order valence-electron chi connectivity index (χ4n) is 3.24. The van der Waals surface area contributed by atoms with Gasteiger partial charge in [-0.25, -0.2) is 0 Å². The summed E-state index contributed by atoms with van der Waals surface area (Å²) in [6.45, 7) is 13.3. The highest BCUT2D eigenvalue weighted by atomic mass is 14.3. The molecule has 2 atom stereocenters. The van der Waals surface area contributed by atoms with Crippen LogP contribution in [-0.2, 0) is 0 Å². The van der Waals surface area contributed by atoms with Crippen molar-refractivity contribution in [3.8, 4) is 0 Å². The van der Waals surface area contributed by atoms with Crippen LogP contribution < -0.4 is 0 Å². The van der Waals surface area contributed by atoms with Crippen molar-refractivity contribution < 1.29 is 0 Å². The number of benzene rings is 1. The third-order valence-corrected chi connectivity index (χ3v) is 4.92. The van der Waals surface area contributed by atoms with Crippen LogP contribution in [0.4, 0.5) is 0 Å². The highest BCUT2D eigenvalue weighted by molar-refractivity contribution is 5.67. The normalized spacial score (nSPS) is 21.1. The Bertz CT molecular complexity index is 651. The average Bonchev–Trinajstić information content (AvgIpc) is 2.60. The topological polar surface area (TPSA) is 0 Å². The van der Waals surface area contributed by atoms with E-state index in [1.54, 1.807) is 0 Å². The summed E-state index contributed by atoms with van der Waals surface area (Å²) in [4.78, 5) is 0. The zero-order chi connectivity index (χ0) is 17.4. The number of unbranched alkanes of at least 4 members (excludes halogenated alkanes) is 1. The van der Waals surface area contributed by atoms with E-state index in [9.17, 15) is 0 Å². The van der Waals surface area contributed by atoms with Crippen LogP contribution in [0.25, 0.3) is 5.57 Å². The van der Waals surface area contributed by atoms with Crippen LogP contribution in [-0.4, -0.2) is 0 Å². The van der Waals surface area contributed by atoms with Gasteiger partial charge in [0.1, 0.15) is 0 Å². The van der Waals surface area contributed by atoms with Gasteiger partial charge in [-0.1, -0.05) is 75.4 Å². The van der Waals surface area contributed by atoms with E-state index < -0.39 is 0 Å². The molecule has 0 saturated heterocycles. The van der Waals surface area contributed by atoms with Crippen molar-refractivity contribution in [1.82, 2.24) is 0 Å². The Morgan fingerprint density at radius 1 is 1.25 bits per heavy atom. The molecule has 0 aliphatic heterocycles. The fourth-order valence-corrected chi connectivity index (χ4v) is 3.24. The Labute approximate surface area is 148 Å². The van der Waals surface area contributed by atoms with E-state index in [1.165, 1.54) is 28.7 Å². The summed E-state index contributed by atoms with van der Waals surface area (Å²) in [6, 6.07) is 10.5. The molecule has 0 spiro atoms. The molecule has 126 valence electrons. The van der Waals surface area contributed by atoms with Gasteiger partial charge in [0.25, 0.3) is 0 Å². The van der Waals surface area contributed by atoms with E-state index in [2.05, 4.69) is 81.3 Å². The van der Waals surface area contributed by atoms with Gasteiger partial charge in [-0.3, -0.25) is 0 Å². The van der Waals surface area contributed by atoms with Gasteiger partial charge in [-0.2, -0.15) is 0 Å². The van der Waals surface area contributed by atoms with Gasteiger partial charge >= 0.3 is 0 Å². The van der Waals surface area contributed by atoms with Crippen molar-refractivity contribution in [2.75, 3.05) is 0 Å². The Morgan fingerprint density at radius 2 is 2.00 bits per heavy atom. The quantitative estimate of drug-likeness (QED) is 0.400. The second-order valence-corrected chi connectivity index (χ2v) is 6.79. The molecule has 0 aromatic heterocycles. The van der Waals surface area contributed by atoms with Gasteiger partial charge in [0.15, 0.2) is 0 Å². The Balaban J connectivity index is 2.14. The molecular formula is C24H30. The minimum Gasteiger partial charge on any atom is -0.125 e. The molecule has 0 bridgehead atoms. The van der Waals surface area contributed by atoms with E-state index in [1.807, 2.05) is 0 Å². The molecule has 1 aromatic rings. The Hall–Kier alpha value is -2.04. The molecule has 1 aromatic carbocycles. The van der Waals surface area contributed by atoms with Crippen LogP contribution in [0.1, 0.15) is 51.5 Å². The van der Waals surface area contributed by atoms with Crippen molar-refractivity contribution in [2.45, 2.75) is 46.0 Å². The lowest BCUT2D eigenvalue weighted by atomic mass is 9.78. The second-order valence-electron chi connectivity index (χ2n) is 6.79. The zero-order valence-corrected chi connectivity index (χ0v) is 15.2. The van der Waals surface area contributed by atoms with Crippen LogP contribution in [0.5, 0.6) is 0 Å². The minimum atomic E-state index is 0.382. The van der Waals surface area contributed by atoms with Crippen LogP contribution in [0.15, 0.2) is 78.6 Å². The van der Waals surface area contributed by atoms with Gasteiger partial charge in [0, 0.05) is 5.92 Å². The van der Waals surface area contributed by atoms with Gasteiger partial charge in [-0.05, 0) is 60.5 Å². The number of rotatable bonds is 5. The summed E-state index contributed by atoms with van der Waals surface area (Å²) in [6.07, 6.45) is 12.1. The molecule has 2 rings (SSSR count).